The molecule has 4 heterocycles. The molecule has 1 saturated heterocycles. The average Bonchev–Trinajstić information content (AvgIpc) is 3.36. The monoisotopic (exact) mass is 387 g/mol. The van der Waals surface area contributed by atoms with Gasteiger partial charge in [0.1, 0.15) is 18.2 Å². The second-order valence-corrected chi connectivity index (χ2v) is 7.25. The Labute approximate surface area is 162 Å². The van der Waals surface area contributed by atoms with E-state index in [9.17, 15) is 0 Å². The van der Waals surface area contributed by atoms with Gasteiger partial charge in [0.2, 0.25) is 5.89 Å². The molecule has 0 aliphatic carbocycles. The molecule has 0 spiro atoms. The van der Waals surface area contributed by atoms with Crippen LogP contribution in [0.5, 0.6) is 0 Å². The van der Waals surface area contributed by atoms with Crippen LogP contribution in [0.15, 0.2) is 16.9 Å². The quantitative estimate of drug-likeness (QED) is 0.652. The van der Waals surface area contributed by atoms with Gasteiger partial charge in [-0.3, -0.25) is 0 Å². The Kier molecular flexibility index (Phi) is 5.49. The van der Waals surface area contributed by atoms with Crippen LogP contribution in [-0.4, -0.2) is 50.0 Å². The summed E-state index contributed by atoms with van der Waals surface area (Å²) in [6.45, 7) is 5.92. The highest BCUT2D eigenvalue weighted by atomic mass is 16.5. The molecule has 1 fully saturated rings. The van der Waals surface area contributed by atoms with E-state index in [0.29, 0.717) is 30.0 Å². The predicted molar refractivity (Wildman–Crippen MR) is 99.8 cm³/mol. The number of hydrogen-bond acceptors (Lipinski definition) is 9. The molecule has 150 valence electrons. The van der Waals surface area contributed by atoms with Crippen molar-refractivity contribution in [3.63, 3.8) is 0 Å². The van der Waals surface area contributed by atoms with Gasteiger partial charge in [-0.05, 0) is 18.8 Å². The summed E-state index contributed by atoms with van der Waals surface area (Å²) in [6.07, 6.45) is 3.30. The maximum atomic E-state index is 5.63. The highest BCUT2D eigenvalue weighted by molar-refractivity contribution is 5.46. The third kappa shape index (κ3) is 3.83. The summed E-state index contributed by atoms with van der Waals surface area (Å²) >= 11 is 0. The Morgan fingerprint density at radius 1 is 1.29 bits per heavy atom. The van der Waals surface area contributed by atoms with Gasteiger partial charge in [0.25, 0.3) is 5.78 Å². The van der Waals surface area contributed by atoms with Crippen LogP contribution in [0.25, 0.3) is 5.78 Å². The van der Waals surface area contributed by atoms with Crippen molar-refractivity contribution in [3.8, 4) is 0 Å². The number of nitrogens with zero attached hydrogens (tertiary/aromatic N) is 6. The smallest absolute Gasteiger partial charge is 0.254 e. The lowest BCUT2D eigenvalue weighted by Crippen LogP contribution is -2.28. The van der Waals surface area contributed by atoms with Crippen LogP contribution < -0.4 is 5.32 Å². The summed E-state index contributed by atoms with van der Waals surface area (Å²) in [5.74, 6) is 3.05. The van der Waals surface area contributed by atoms with E-state index in [0.717, 1.165) is 37.6 Å². The van der Waals surface area contributed by atoms with Gasteiger partial charge < -0.3 is 19.3 Å². The molecule has 0 aromatic carbocycles. The van der Waals surface area contributed by atoms with Crippen molar-refractivity contribution in [2.45, 2.75) is 45.3 Å². The molecule has 28 heavy (non-hydrogen) atoms. The molecule has 1 atom stereocenters. The minimum Gasteiger partial charge on any atom is -0.381 e. The molecule has 0 radical (unpaired) electrons. The molecule has 0 bridgehead atoms. The molecule has 1 aliphatic rings. The van der Waals surface area contributed by atoms with Crippen LogP contribution in [0.2, 0.25) is 0 Å². The summed E-state index contributed by atoms with van der Waals surface area (Å²) < 4.78 is 18.1. The Balaban J connectivity index is 1.70. The van der Waals surface area contributed by atoms with Crippen molar-refractivity contribution < 1.29 is 14.0 Å². The topological polar surface area (TPSA) is 112 Å². The van der Waals surface area contributed by atoms with Gasteiger partial charge in [-0.15, -0.1) is 0 Å². The molecule has 0 unspecified atom stereocenters. The molecular weight excluding hydrogens is 362 g/mol. The number of aromatic nitrogens is 6. The van der Waals surface area contributed by atoms with Gasteiger partial charge in [-0.1, -0.05) is 19.0 Å². The van der Waals surface area contributed by atoms with Crippen molar-refractivity contribution in [1.29, 1.82) is 0 Å². The Bertz CT molecular complexity index is 917. The van der Waals surface area contributed by atoms with Gasteiger partial charge in [0, 0.05) is 32.3 Å². The number of hydrogen-bond donors (Lipinski definition) is 1. The first kappa shape index (κ1) is 18.8. The maximum Gasteiger partial charge on any atom is 0.254 e. The lowest BCUT2D eigenvalue weighted by Gasteiger charge is -2.29. The Morgan fingerprint density at radius 3 is 2.82 bits per heavy atom. The third-order valence-electron chi connectivity index (χ3n) is 4.88. The van der Waals surface area contributed by atoms with Gasteiger partial charge in [-0.25, -0.2) is 4.98 Å². The van der Waals surface area contributed by atoms with Gasteiger partial charge >= 0.3 is 0 Å². The van der Waals surface area contributed by atoms with Crippen LogP contribution in [-0.2, 0) is 16.1 Å². The molecule has 0 saturated carbocycles. The minimum atomic E-state index is -0.158. The van der Waals surface area contributed by atoms with E-state index in [4.69, 9.17) is 14.0 Å². The van der Waals surface area contributed by atoms with Crippen molar-refractivity contribution in [2.24, 2.45) is 5.92 Å². The van der Waals surface area contributed by atoms with Crippen LogP contribution in [0.3, 0.4) is 0 Å². The molecule has 1 aliphatic heterocycles. The Morgan fingerprint density at radius 2 is 2.11 bits per heavy atom. The Hall–Kier alpha value is -2.59. The zero-order valence-electron chi connectivity index (χ0n) is 16.3. The fourth-order valence-corrected chi connectivity index (χ4v) is 3.38. The number of ether oxygens (including phenoxy) is 2. The second kappa shape index (κ2) is 8.19. The van der Waals surface area contributed by atoms with E-state index in [2.05, 4.69) is 30.5 Å². The van der Waals surface area contributed by atoms with Gasteiger partial charge in [-0.2, -0.15) is 19.6 Å². The lowest BCUT2D eigenvalue weighted by molar-refractivity contribution is 0.0570. The standard InChI is InChI=1S/C18H25N7O3/c1-11(2)16-23-17(28-24-16)15(12-4-6-27-7-5-12)22-14-8-13(9-26-3)21-18-19-10-20-25(14)18/h8,10-12,15,22H,4-7,9H2,1-3H3/t15-/m0/s1. The average molecular weight is 387 g/mol. The lowest BCUT2D eigenvalue weighted by atomic mass is 9.91. The van der Waals surface area contributed by atoms with Crippen molar-refractivity contribution in [2.75, 3.05) is 25.6 Å². The predicted octanol–water partition coefficient (Wildman–Crippen LogP) is 2.36. The summed E-state index contributed by atoms with van der Waals surface area (Å²) in [5.41, 5.74) is 0.768. The fourth-order valence-electron chi connectivity index (χ4n) is 3.38. The number of anilines is 1. The number of methoxy groups -OCH3 is 1. The van der Waals surface area contributed by atoms with E-state index in [1.165, 1.54) is 6.33 Å². The van der Waals surface area contributed by atoms with Crippen LogP contribution in [0.4, 0.5) is 5.82 Å². The first-order chi connectivity index (χ1) is 13.7. The van der Waals surface area contributed by atoms with E-state index in [1.807, 2.05) is 19.9 Å². The first-order valence-corrected chi connectivity index (χ1v) is 9.52. The third-order valence-corrected chi connectivity index (χ3v) is 4.88. The molecule has 4 rings (SSSR count). The number of nitrogens with one attached hydrogen (secondary N) is 1. The van der Waals surface area contributed by atoms with Crippen LogP contribution >= 0.6 is 0 Å². The fraction of sp³-hybridized carbons (Fsp3) is 0.611. The molecule has 10 heteroatoms. The molecule has 3 aromatic heterocycles. The van der Waals surface area contributed by atoms with E-state index >= 15 is 0 Å². The van der Waals surface area contributed by atoms with Gasteiger partial charge in [0.15, 0.2) is 5.82 Å². The van der Waals surface area contributed by atoms with Crippen LogP contribution in [0.1, 0.15) is 56.1 Å². The zero-order chi connectivity index (χ0) is 19.5. The van der Waals surface area contributed by atoms with Crippen LogP contribution in [0, 0.1) is 5.92 Å². The number of fused-ring (bicyclic) bond motifs is 1. The molecule has 0 amide bonds. The van der Waals surface area contributed by atoms with E-state index in [-0.39, 0.29) is 12.0 Å². The summed E-state index contributed by atoms with van der Waals surface area (Å²) in [4.78, 5) is 13.3. The molecule has 1 N–H and O–H groups in total. The summed E-state index contributed by atoms with van der Waals surface area (Å²) in [6, 6.07) is 1.76. The van der Waals surface area contributed by atoms with E-state index < -0.39 is 0 Å². The molecule has 3 aromatic rings. The SMILES string of the molecule is COCc1cc(N[C@H](c2nc(C(C)C)no2)C2CCOCC2)n2ncnc2n1. The first-order valence-electron chi connectivity index (χ1n) is 9.52. The van der Waals surface area contributed by atoms with Gasteiger partial charge in [0.05, 0.1) is 12.3 Å². The highest BCUT2D eigenvalue weighted by Crippen LogP contribution is 2.33. The minimum absolute atomic E-state index is 0.158. The van der Waals surface area contributed by atoms with E-state index in [1.54, 1.807) is 11.6 Å². The second-order valence-electron chi connectivity index (χ2n) is 7.25. The summed E-state index contributed by atoms with van der Waals surface area (Å²) in [5, 5.41) is 12.0. The summed E-state index contributed by atoms with van der Waals surface area (Å²) in [7, 11) is 1.64. The van der Waals surface area contributed by atoms with Crippen molar-refractivity contribution in [1.82, 2.24) is 29.7 Å². The maximum absolute atomic E-state index is 5.63. The highest BCUT2D eigenvalue weighted by Gasteiger charge is 2.31. The number of rotatable bonds is 7. The molecule has 10 nitrogen and oxygen atoms in total. The largest absolute Gasteiger partial charge is 0.381 e. The van der Waals surface area contributed by atoms with Crippen molar-refractivity contribution >= 4 is 11.6 Å². The van der Waals surface area contributed by atoms with Crippen molar-refractivity contribution in [3.05, 3.63) is 29.8 Å². The molecular formula is C18H25N7O3. The normalized spacial score (nSPS) is 16.7. The zero-order valence-corrected chi connectivity index (χ0v) is 16.3.